The Morgan fingerprint density at radius 1 is 0.463 bits per heavy atom. The second kappa shape index (κ2) is 39.9. The van der Waals surface area contributed by atoms with Crippen molar-refractivity contribution in [3.05, 3.63) is 12.2 Å². The number of rotatable bonds is 42. The topological polar surface area (TPSA) is 231 Å². The van der Waals surface area contributed by atoms with Gasteiger partial charge < -0.3 is 64.2 Å². The third kappa shape index (κ3) is 28.0. The summed E-state index contributed by atoms with van der Waals surface area (Å²) in [5, 5.41) is 72.1. The first-order valence-electron chi connectivity index (χ1n) is 26.8. The summed E-state index contributed by atoms with van der Waals surface area (Å²) < 4.78 is 33.6. The summed E-state index contributed by atoms with van der Waals surface area (Å²) in [6, 6.07) is 0. The van der Waals surface area contributed by atoms with Crippen molar-refractivity contribution in [2.75, 3.05) is 26.4 Å². The van der Waals surface area contributed by atoms with Gasteiger partial charge in [-0.25, -0.2) is 0 Å². The smallest absolute Gasteiger partial charge is 0.306 e. The fourth-order valence-electron chi connectivity index (χ4n) is 8.57. The van der Waals surface area contributed by atoms with E-state index in [9.17, 15) is 45.3 Å². The summed E-state index contributed by atoms with van der Waals surface area (Å²) in [6.45, 7) is 2.58. The van der Waals surface area contributed by atoms with Crippen LogP contribution in [0.5, 0.6) is 0 Å². The van der Waals surface area contributed by atoms with E-state index in [1.165, 1.54) is 116 Å². The van der Waals surface area contributed by atoms with Crippen LogP contribution in [0, 0.1) is 0 Å². The molecule has 0 spiro atoms. The van der Waals surface area contributed by atoms with Gasteiger partial charge in [0, 0.05) is 12.8 Å². The first kappa shape index (κ1) is 61.4. The molecule has 0 saturated carbocycles. The normalized spacial score (nSPS) is 26.0. The molecule has 2 fully saturated rings. The number of ether oxygens (including phenoxy) is 6. The first-order chi connectivity index (χ1) is 32.5. The van der Waals surface area contributed by atoms with Crippen LogP contribution in [-0.2, 0) is 38.0 Å². The molecule has 2 saturated heterocycles. The summed E-state index contributed by atoms with van der Waals surface area (Å²) in [7, 11) is 0. The number of carbonyl (C=O) groups is 2. The van der Waals surface area contributed by atoms with E-state index >= 15 is 0 Å². The van der Waals surface area contributed by atoms with Gasteiger partial charge in [-0.05, 0) is 38.5 Å². The Balaban J connectivity index is 1.76. The molecular weight excluding hydrogens is 865 g/mol. The van der Waals surface area contributed by atoms with Crippen LogP contribution >= 0.6 is 0 Å². The number of unbranched alkanes of at least 4 members (excludes halogenated alkanes) is 26. The molecule has 67 heavy (non-hydrogen) atoms. The lowest BCUT2D eigenvalue weighted by Gasteiger charge is -2.42. The number of aliphatic hydroxyl groups is 7. The molecule has 0 aromatic carbocycles. The molecule has 2 heterocycles. The van der Waals surface area contributed by atoms with E-state index < -0.39 is 92.7 Å². The lowest BCUT2D eigenvalue weighted by molar-refractivity contribution is -0.332. The molecule has 7 N–H and O–H groups in total. The second-order valence-electron chi connectivity index (χ2n) is 19.1. The van der Waals surface area contributed by atoms with E-state index in [4.69, 9.17) is 28.4 Å². The zero-order valence-electron chi connectivity index (χ0n) is 41.7. The van der Waals surface area contributed by atoms with Gasteiger partial charge in [-0.2, -0.15) is 0 Å². The number of aliphatic hydroxyl groups excluding tert-OH is 7. The lowest BCUT2D eigenvalue weighted by atomic mass is 9.98. The maximum Gasteiger partial charge on any atom is 0.306 e. The van der Waals surface area contributed by atoms with Crippen LogP contribution in [0.1, 0.15) is 213 Å². The van der Waals surface area contributed by atoms with Gasteiger partial charge >= 0.3 is 11.9 Å². The third-order valence-electron chi connectivity index (χ3n) is 13.0. The van der Waals surface area contributed by atoms with Crippen molar-refractivity contribution >= 4 is 11.9 Å². The maximum absolute atomic E-state index is 13.0. The zero-order valence-corrected chi connectivity index (χ0v) is 41.7. The highest BCUT2D eigenvalue weighted by Crippen LogP contribution is 2.27. The Labute approximate surface area is 403 Å². The molecule has 0 aromatic heterocycles. The van der Waals surface area contributed by atoms with Crippen molar-refractivity contribution in [3.8, 4) is 0 Å². The van der Waals surface area contributed by atoms with Crippen LogP contribution in [0.4, 0.5) is 0 Å². The Morgan fingerprint density at radius 2 is 0.851 bits per heavy atom. The molecule has 2 aliphatic heterocycles. The van der Waals surface area contributed by atoms with Gasteiger partial charge in [-0.3, -0.25) is 9.59 Å². The van der Waals surface area contributed by atoms with Gasteiger partial charge in [-0.15, -0.1) is 0 Å². The molecule has 0 amide bonds. The Kier molecular flexibility index (Phi) is 36.5. The molecule has 394 valence electrons. The molecule has 11 unspecified atom stereocenters. The summed E-state index contributed by atoms with van der Waals surface area (Å²) >= 11 is 0. The number of allylic oxidation sites excluding steroid dienone is 2. The lowest BCUT2D eigenvalue weighted by Crippen LogP contribution is -2.61. The zero-order chi connectivity index (χ0) is 48.9. The molecular formula is C52H96O15. The molecule has 0 bridgehead atoms. The van der Waals surface area contributed by atoms with Crippen molar-refractivity contribution in [3.63, 3.8) is 0 Å². The maximum atomic E-state index is 13.0. The van der Waals surface area contributed by atoms with Crippen LogP contribution in [0.2, 0.25) is 0 Å². The summed E-state index contributed by atoms with van der Waals surface area (Å²) in [5.74, 6) is -0.924. The predicted molar refractivity (Wildman–Crippen MR) is 257 cm³/mol. The average molecular weight is 961 g/mol. The van der Waals surface area contributed by atoms with Gasteiger partial charge in [0.15, 0.2) is 18.7 Å². The van der Waals surface area contributed by atoms with Crippen molar-refractivity contribution < 1.29 is 73.8 Å². The Bertz CT molecular complexity index is 1220. The van der Waals surface area contributed by atoms with Crippen LogP contribution < -0.4 is 0 Å². The highest BCUT2D eigenvalue weighted by Gasteiger charge is 2.47. The molecule has 0 radical (unpaired) electrons. The first-order valence-corrected chi connectivity index (χ1v) is 26.8. The molecule has 15 nitrogen and oxygen atoms in total. The number of hydrogen-bond acceptors (Lipinski definition) is 15. The summed E-state index contributed by atoms with van der Waals surface area (Å²) in [6.07, 6.45) is 22.4. The highest BCUT2D eigenvalue weighted by atomic mass is 16.7. The average Bonchev–Trinajstić information content (AvgIpc) is 3.32. The van der Waals surface area contributed by atoms with E-state index in [2.05, 4.69) is 26.0 Å². The van der Waals surface area contributed by atoms with Gasteiger partial charge in [0.05, 0.1) is 19.8 Å². The molecule has 11 atom stereocenters. The van der Waals surface area contributed by atoms with E-state index in [1.807, 2.05) is 0 Å². The van der Waals surface area contributed by atoms with Crippen molar-refractivity contribution in [2.45, 2.75) is 280 Å². The monoisotopic (exact) mass is 961 g/mol. The van der Waals surface area contributed by atoms with E-state index in [1.54, 1.807) is 0 Å². The molecule has 15 heteroatoms. The van der Waals surface area contributed by atoms with Crippen LogP contribution in [0.15, 0.2) is 12.2 Å². The van der Waals surface area contributed by atoms with Crippen LogP contribution in [0.3, 0.4) is 0 Å². The summed E-state index contributed by atoms with van der Waals surface area (Å²) in [4.78, 5) is 25.8. The molecule has 2 rings (SSSR count). The molecule has 0 aromatic rings. The molecule has 0 aliphatic carbocycles. The Hall–Kier alpha value is -1.76. The number of carbonyl (C=O) groups excluding carboxylic acids is 2. The number of esters is 2. The second-order valence-corrected chi connectivity index (χ2v) is 19.1. The fraction of sp³-hybridized carbons (Fsp3) is 0.923. The highest BCUT2D eigenvalue weighted by molar-refractivity contribution is 5.70. The van der Waals surface area contributed by atoms with Gasteiger partial charge in [0.1, 0.15) is 55.4 Å². The van der Waals surface area contributed by atoms with Crippen molar-refractivity contribution in [1.29, 1.82) is 0 Å². The minimum atomic E-state index is -1.76. The molecule has 2 aliphatic rings. The van der Waals surface area contributed by atoms with Crippen molar-refractivity contribution in [2.24, 2.45) is 0 Å². The van der Waals surface area contributed by atoms with E-state index in [0.717, 1.165) is 57.8 Å². The van der Waals surface area contributed by atoms with Crippen molar-refractivity contribution in [1.82, 2.24) is 0 Å². The predicted octanol–water partition coefficient (Wildman–Crippen LogP) is 7.77. The fourth-order valence-corrected chi connectivity index (χ4v) is 8.57. The minimum Gasteiger partial charge on any atom is -0.462 e. The third-order valence-corrected chi connectivity index (χ3v) is 13.0. The van der Waals surface area contributed by atoms with Gasteiger partial charge in [0.25, 0.3) is 0 Å². The minimum absolute atomic E-state index is 0.159. The van der Waals surface area contributed by atoms with Crippen LogP contribution in [0.25, 0.3) is 0 Å². The van der Waals surface area contributed by atoms with Gasteiger partial charge in [-0.1, -0.05) is 174 Å². The summed E-state index contributed by atoms with van der Waals surface area (Å²) in [5.41, 5.74) is 0. The quantitative estimate of drug-likeness (QED) is 0.0176. The van der Waals surface area contributed by atoms with Gasteiger partial charge in [0.2, 0.25) is 0 Å². The SMILES string of the molecule is CCCCC/C=C\CCCCCCCC(=O)OC(COC(=O)CCCCCCCCCCCCCCCCCCCCC)COC1OC(COC2OC(CO)C(O)C(O)C2O)C(O)C(O)C1O. The van der Waals surface area contributed by atoms with Crippen LogP contribution in [-0.4, -0.2) is 142 Å². The largest absolute Gasteiger partial charge is 0.462 e. The number of hydrogen-bond donors (Lipinski definition) is 7. The van der Waals surface area contributed by atoms with E-state index in [-0.39, 0.29) is 26.1 Å². The Morgan fingerprint density at radius 3 is 1.34 bits per heavy atom. The van der Waals surface area contributed by atoms with E-state index in [0.29, 0.717) is 12.8 Å². The standard InChI is InChI=1S/C52H96O15/c1-3-5-7-9-11-13-15-17-18-19-20-21-22-23-25-26-28-30-32-34-43(54)62-37-40(65-44(55)35-33-31-29-27-24-16-14-12-10-8-6-4-2)38-63-51-50(61)48(59)46(57)42(67-51)39-64-52-49(60)47(58)45(56)41(36-53)66-52/h12,14,40-42,45-53,56-61H,3-11,13,15-39H2,1-2H3/b14-12-.